The van der Waals surface area contributed by atoms with Gasteiger partial charge in [-0.05, 0) is 25.1 Å². The standard InChI is InChI=1S/C26H18N2O5/c1-13-21(16-8-4-5-9-19(16)28-13)20(29)12-33-26(32)18-11-10-17-22(23(18)27)25(31)15-7-3-2-6-14(15)24(17)30/h2-11,28H,12,27H2,1H3. The van der Waals surface area contributed by atoms with Crippen molar-refractivity contribution in [1.82, 2.24) is 4.98 Å². The first-order valence-corrected chi connectivity index (χ1v) is 10.3. The number of nitrogen functional groups attached to an aromatic ring is 1. The molecule has 5 rings (SSSR count). The fraction of sp³-hybridized carbons (Fsp3) is 0.0769. The lowest BCUT2D eigenvalue weighted by Crippen LogP contribution is -2.24. The number of hydrogen-bond donors (Lipinski definition) is 2. The summed E-state index contributed by atoms with van der Waals surface area (Å²) in [5, 5.41) is 0.743. The molecule has 162 valence electrons. The van der Waals surface area contributed by atoms with E-state index in [1.54, 1.807) is 31.2 Å². The lowest BCUT2D eigenvalue weighted by Gasteiger charge is -2.20. The molecule has 1 aliphatic carbocycles. The second-order valence-corrected chi connectivity index (χ2v) is 7.82. The minimum Gasteiger partial charge on any atom is -0.454 e. The van der Waals surface area contributed by atoms with Crippen LogP contribution in [0.5, 0.6) is 0 Å². The number of hydrogen-bond acceptors (Lipinski definition) is 6. The first kappa shape index (κ1) is 20.4. The first-order chi connectivity index (χ1) is 15.9. The summed E-state index contributed by atoms with van der Waals surface area (Å²) in [5.41, 5.74) is 8.53. The number of rotatable bonds is 4. The molecule has 1 heterocycles. The Labute approximate surface area is 188 Å². The van der Waals surface area contributed by atoms with Gasteiger partial charge in [0.1, 0.15) is 0 Å². The van der Waals surface area contributed by atoms with Gasteiger partial charge in [-0.25, -0.2) is 4.79 Å². The fourth-order valence-electron chi connectivity index (χ4n) is 4.31. The molecule has 33 heavy (non-hydrogen) atoms. The Morgan fingerprint density at radius 3 is 2.30 bits per heavy atom. The predicted molar refractivity (Wildman–Crippen MR) is 122 cm³/mol. The molecule has 1 aliphatic rings. The summed E-state index contributed by atoms with van der Waals surface area (Å²) in [5.74, 6) is -1.98. The van der Waals surface area contributed by atoms with Crippen molar-refractivity contribution in [1.29, 1.82) is 0 Å². The zero-order valence-electron chi connectivity index (χ0n) is 17.6. The summed E-state index contributed by atoms with van der Waals surface area (Å²) in [6.07, 6.45) is 0. The molecule has 4 aromatic rings. The van der Waals surface area contributed by atoms with E-state index < -0.39 is 18.4 Å². The van der Waals surface area contributed by atoms with Gasteiger partial charge in [0.15, 0.2) is 18.2 Å². The summed E-state index contributed by atoms with van der Waals surface area (Å²) >= 11 is 0. The summed E-state index contributed by atoms with van der Waals surface area (Å²) in [6, 6.07) is 16.5. The van der Waals surface area contributed by atoms with E-state index in [1.807, 2.05) is 24.3 Å². The zero-order chi connectivity index (χ0) is 23.3. The summed E-state index contributed by atoms with van der Waals surface area (Å²) < 4.78 is 5.24. The molecule has 0 aliphatic heterocycles. The number of aromatic amines is 1. The lowest BCUT2D eigenvalue weighted by molar-refractivity contribution is 0.0476. The number of Topliss-reactive ketones (excluding diaryl/α,β-unsaturated/α-hetero) is 1. The van der Waals surface area contributed by atoms with Crippen molar-refractivity contribution in [2.45, 2.75) is 6.92 Å². The molecular weight excluding hydrogens is 420 g/mol. The molecule has 0 radical (unpaired) electrons. The van der Waals surface area contributed by atoms with E-state index in [9.17, 15) is 19.2 Å². The van der Waals surface area contributed by atoms with Crippen LogP contribution < -0.4 is 5.73 Å². The molecule has 7 heteroatoms. The van der Waals surface area contributed by atoms with E-state index in [4.69, 9.17) is 10.5 Å². The third kappa shape index (κ3) is 3.13. The van der Waals surface area contributed by atoms with Crippen LogP contribution in [-0.2, 0) is 4.74 Å². The monoisotopic (exact) mass is 438 g/mol. The minimum atomic E-state index is -0.847. The van der Waals surface area contributed by atoms with Crippen LogP contribution in [0.2, 0.25) is 0 Å². The lowest BCUT2D eigenvalue weighted by atomic mass is 9.82. The predicted octanol–water partition coefficient (Wildman–Crippen LogP) is 3.87. The van der Waals surface area contributed by atoms with Crippen molar-refractivity contribution in [3.05, 3.63) is 99.7 Å². The Kier molecular flexibility index (Phi) is 4.67. The maximum absolute atomic E-state index is 13.0. The van der Waals surface area contributed by atoms with Gasteiger partial charge >= 0.3 is 5.97 Å². The number of carbonyl (C=O) groups excluding carboxylic acids is 4. The normalized spacial score (nSPS) is 12.4. The largest absolute Gasteiger partial charge is 0.454 e. The Balaban J connectivity index is 1.42. The van der Waals surface area contributed by atoms with Crippen LogP contribution in [0, 0.1) is 6.92 Å². The number of nitrogens with two attached hydrogens (primary N) is 1. The Hall–Kier alpha value is -4.52. The molecule has 7 nitrogen and oxygen atoms in total. The highest BCUT2D eigenvalue weighted by Gasteiger charge is 2.33. The third-order valence-corrected chi connectivity index (χ3v) is 5.86. The average molecular weight is 438 g/mol. The molecule has 0 unspecified atom stereocenters. The number of nitrogens with one attached hydrogen (secondary N) is 1. The van der Waals surface area contributed by atoms with Crippen molar-refractivity contribution in [3.63, 3.8) is 0 Å². The number of fused-ring (bicyclic) bond motifs is 3. The number of benzene rings is 3. The molecule has 0 saturated carbocycles. The van der Waals surface area contributed by atoms with E-state index in [-0.39, 0.29) is 39.5 Å². The van der Waals surface area contributed by atoms with Gasteiger partial charge in [-0.1, -0.05) is 42.5 Å². The second-order valence-electron chi connectivity index (χ2n) is 7.82. The molecule has 0 spiro atoms. The van der Waals surface area contributed by atoms with Crippen LogP contribution in [0.4, 0.5) is 5.69 Å². The quantitative estimate of drug-likeness (QED) is 0.250. The molecule has 0 amide bonds. The third-order valence-electron chi connectivity index (χ3n) is 5.86. The Bertz CT molecular complexity index is 1510. The van der Waals surface area contributed by atoms with Crippen molar-refractivity contribution in [2.75, 3.05) is 12.3 Å². The SMILES string of the molecule is Cc1[nH]c2ccccc2c1C(=O)COC(=O)c1ccc2c(c1N)C(=O)c1ccccc1C2=O. The van der Waals surface area contributed by atoms with Gasteiger partial charge in [-0.15, -0.1) is 0 Å². The molecular formula is C26H18N2O5. The Morgan fingerprint density at radius 1 is 0.879 bits per heavy atom. The summed E-state index contributed by atoms with van der Waals surface area (Å²) in [6.45, 7) is 1.28. The molecule has 1 aromatic heterocycles. The van der Waals surface area contributed by atoms with Crippen LogP contribution >= 0.6 is 0 Å². The van der Waals surface area contributed by atoms with Crippen LogP contribution in [-0.4, -0.2) is 34.9 Å². The number of anilines is 1. The molecule has 0 bridgehead atoms. The van der Waals surface area contributed by atoms with Gasteiger partial charge in [0.2, 0.25) is 5.78 Å². The number of carbonyl (C=O) groups is 4. The van der Waals surface area contributed by atoms with Crippen LogP contribution in [0.1, 0.15) is 58.3 Å². The van der Waals surface area contributed by atoms with Crippen molar-refractivity contribution >= 4 is 39.9 Å². The average Bonchev–Trinajstić information content (AvgIpc) is 3.16. The van der Waals surface area contributed by atoms with E-state index in [1.165, 1.54) is 12.1 Å². The summed E-state index contributed by atoms with van der Waals surface area (Å²) in [7, 11) is 0. The van der Waals surface area contributed by atoms with Gasteiger partial charge in [0.25, 0.3) is 0 Å². The number of para-hydroxylation sites is 1. The minimum absolute atomic E-state index is 0.0213. The number of esters is 1. The van der Waals surface area contributed by atoms with Gasteiger partial charge in [-0.3, -0.25) is 14.4 Å². The van der Waals surface area contributed by atoms with Gasteiger partial charge < -0.3 is 15.5 Å². The van der Waals surface area contributed by atoms with Gasteiger partial charge in [0.05, 0.1) is 16.8 Å². The van der Waals surface area contributed by atoms with Crippen LogP contribution in [0.25, 0.3) is 10.9 Å². The number of aromatic nitrogens is 1. The van der Waals surface area contributed by atoms with Crippen LogP contribution in [0.15, 0.2) is 60.7 Å². The molecule has 0 fully saturated rings. The van der Waals surface area contributed by atoms with Crippen molar-refractivity contribution in [2.24, 2.45) is 0 Å². The maximum atomic E-state index is 13.0. The highest BCUT2D eigenvalue weighted by atomic mass is 16.5. The second kappa shape index (κ2) is 7.56. The number of ketones is 3. The van der Waals surface area contributed by atoms with Crippen LogP contribution in [0.3, 0.4) is 0 Å². The number of ether oxygens (including phenoxy) is 1. The maximum Gasteiger partial charge on any atom is 0.340 e. The fourth-order valence-corrected chi connectivity index (χ4v) is 4.31. The first-order valence-electron chi connectivity index (χ1n) is 10.3. The molecule has 0 saturated heterocycles. The topological polar surface area (TPSA) is 119 Å². The Morgan fingerprint density at radius 2 is 1.55 bits per heavy atom. The smallest absolute Gasteiger partial charge is 0.340 e. The number of aryl methyl sites for hydroxylation is 1. The highest BCUT2D eigenvalue weighted by Crippen LogP contribution is 2.33. The van der Waals surface area contributed by atoms with E-state index in [2.05, 4.69) is 4.98 Å². The summed E-state index contributed by atoms with van der Waals surface area (Å²) in [4.78, 5) is 54.5. The molecule has 3 aromatic carbocycles. The molecule has 0 atom stereocenters. The van der Waals surface area contributed by atoms with E-state index >= 15 is 0 Å². The van der Waals surface area contributed by atoms with Gasteiger partial charge in [-0.2, -0.15) is 0 Å². The zero-order valence-corrected chi connectivity index (χ0v) is 17.6. The number of H-pyrrole nitrogens is 1. The highest BCUT2D eigenvalue weighted by molar-refractivity contribution is 6.30. The van der Waals surface area contributed by atoms with Gasteiger partial charge in [0, 0.05) is 38.9 Å². The van der Waals surface area contributed by atoms with E-state index in [0.29, 0.717) is 16.8 Å². The van der Waals surface area contributed by atoms with Crippen molar-refractivity contribution < 1.29 is 23.9 Å². The molecule has 3 N–H and O–H groups in total. The van der Waals surface area contributed by atoms with E-state index in [0.717, 1.165) is 10.9 Å². The van der Waals surface area contributed by atoms with Crippen molar-refractivity contribution in [3.8, 4) is 0 Å².